The first-order valence-corrected chi connectivity index (χ1v) is 8.43. The molecule has 0 atom stereocenters. The summed E-state index contributed by atoms with van der Waals surface area (Å²) in [5.41, 5.74) is 2.47. The Bertz CT molecular complexity index is 888. The van der Waals surface area contributed by atoms with Crippen LogP contribution in [-0.4, -0.2) is 20.9 Å². The molecule has 0 spiro atoms. The Hall–Kier alpha value is -1.93. The van der Waals surface area contributed by atoms with Gasteiger partial charge < -0.3 is 15.0 Å². The molecule has 4 rings (SSSR count). The molecule has 0 bridgehead atoms. The summed E-state index contributed by atoms with van der Waals surface area (Å²) in [4.78, 5) is 18.2. The van der Waals surface area contributed by atoms with Crippen LogP contribution < -0.4 is 4.90 Å². The predicted octanol–water partition coefficient (Wildman–Crippen LogP) is 3.63. The van der Waals surface area contributed by atoms with Gasteiger partial charge >= 0.3 is 5.82 Å². The van der Waals surface area contributed by atoms with E-state index in [1.54, 1.807) is 16.0 Å². The second-order valence-corrected chi connectivity index (χ2v) is 6.85. The number of benzene rings is 1. The molecule has 0 N–H and O–H groups in total. The lowest BCUT2D eigenvalue weighted by atomic mass is 10.00. The Morgan fingerprint density at radius 2 is 2.27 bits per heavy atom. The Kier molecular flexibility index (Phi) is 3.16. The van der Waals surface area contributed by atoms with E-state index in [4.69, 9.17) is 0 Å². The van der Waals surface area contributed by atoms with Crippen LogP contribution in [-0.2, 0) is 13.0 Å². The monoisotopic (exact) mass is 378 g/mol. The van der Waals surface area contributed by atoms with E-state index in [0.29, 0.717) is 17.3 Å². The standard InChI is InChI=1S/C14H11BrN4O2S/c15-11-3-1-2-9-4-5-17(8-10(9)11)12-13(19(20)21)18-6-7-22-14(18)16-12/h1-3,6-7H,4-5,8H2. The lowest BCUT2D eigenvalue weighted by molar-refractivity contribution is -0.389. The molecule has 3 heterocycles. The van der Waals surface area contributed by atoms with E-state index >= 15 is 0 Å². The van der Waals surface area contributed by atoms with E-state index in [2.05, 4.69) is 27.0 Å². The first-order valence-electron chi connectivity index (χ1n) is 6.76. The third-order valence-corrected chi connectivity index (χ3v) is 5.41. The van der Waals surface area contributed by atoms with Crippen LogP contribution in [0, 0.1) is 10.1 Å². The van der Waals surface area contributed by atoms with Crippen LogP contribution in [0.4, 0.5) is 11.6 Å². The summed E-state index contributed by atoms with van der Waals surface area (Å²) in [6, 6.07) is 6.13. The van der Waals surface area contributed by atoms with Crippen molar-refractivity contribution in [2.45, 2.75) is 13.0 Å². The topological polar surface area (TPSA) is 63.7 Å². The molecule has 1 aliphatic heterocycles. The molecule has 112 valence electrons. The molecule has 1 aliphatic rings. The van der Waals surface area contributed by atoms with Crippen LogP contribution >= 0.6 is 27.3 Å². The smallest absolute Gasteiger partial charge is 0.358 e. The first kappa shape index (κ1) is 13.7. The van der Waals surface area contributed by atoms with Gasteiger partial charge in [-0.25, -0.2) is 0 Å². The minimum atomic E-state index is -0.350. The Morgan fingerprint density at radius 1 is 1.41 bits per heavy atom. The molecule has 1 aromatic carbocycles. The minimum Gasteiger partial charge on any atom is -0.358 e. The molecular weight excluding hydrogens is 368 g/mol. The highest BCUT2D eigenvalue weighted by molar-refractivity contribution is 9.10. The van der Waals surface area contributed by atoms with Gasteiger partial charge in [0, 0.05) is 22.9 Å². The SMILES string of the molecule is O=[N+]([O-])c1c(N2CCc3cccc(Br)c3C2)nc2sccn12. The van der Waals surface area contributed by atoms with E-state index in [1.165, 1.54) is 22.5 Å². The van der Waals surface area contributed by atoms with Gasteiger partial charge in [-0.15, -0.1) is 0 Å². The van der Waals surface area contributed by atoms with Crippen LogP contribution in [0.5, 0.6) is 0 Å². The number of anilines is 1. The first-order chi connectivity index (χ1) is 10.6. The second-order valence-electron chi connectivity index (χ2n) is 5.12. The van der Waals surface area contributed by atoms with Crippen molar-refractivity contribution in [3.8, 4) is 0 Å². The molecule has 0 unspecified atom stereocenters. The highest BCUT2D eigenvalue weighted by Gasteiger charge is 2.30. The number of fused-ring (bicyclic) bond motifs is 2. The summed E-state index contributed by atoms with van der Waals surface area (Å²) < 4.78 is 2.59. The zero-order chi connectivity index (χ0) is 15.3. The number of halogens is 1. The van der Waals surface area contributed by atoms with Gasteiger partial charge in [-0.3, -0.25) is 0 Å². The average Bonchev–Trinajstić information content (AvgIpc) is 3.07. The van der Waals surface area contributed by atoms with Crippen molar-refractivity contribution in [3.05, 3.63) is 55.5 Å². The fourth-order valence-corrected chi connectivity index (χ4v) is 4.10. The molecule has 2 aromatic heterocycles. The van der Waals surface area contributed by atoms with Crippen molar-refractivity contribution in [2.24, 2.45) is 0 Å². The van der Waals surface area contributed by atoms with Gasteiger partial charge in [0.05, 0.1) is 0 Å². The lowest BCUT2D eigenvalue weighted by Gasteiger charge is -2.29. The zero-order valence-electron chi connectivity index (χ0n) is 11.4. The molecule has 3 aromatic rings. The van der Waals surface area contributed by atoms with Gasteiger partial charge in [-0.2, -0.15) is 9.38 Å². The van der Waals surface area contributed by atoms with Crippen LogP contribution in [0.25, 0.3) is 4.96 Å². The van der Waals surface area contributed by atoms with Gasteiger partial charge in [0.1, 0.15) is 6.20 Å². The van der Waals surface area contributed by atoms with Crippen LogP contribution in [0.1, 0.15) is 11.1 Å². The fourth-order valence-electron chi connectivity index (χ4n) is 2.86. The number of thiazole rings is 1. The largest absolute Gasteiger partial charge is 0.373 e. The van der Waals surface area contributed by atoms with E-state index in [1.807, 2.05) is 17.0 Å². The third kappa shape index (κ3) is 2.02. The lowest BCUT2D eigenvalue weighted by Crippen LogP contribution is -2.31. The van der Waals surface area contributed by atoms with Crippen LogP contribution in [0.2, 0.25) is 0 Å². The zero-order valence-corrected chi connectivity index (χ0v) is 13.8. The van der Waals surface area contributed by atoms with Gasteiger partial charge in [0.15, 0.2) is 0 Å². The second kappa shape index (κ2) is 5.06. The molecule has 0 radical (unpaired) electrons. The van der Waals surface area contributed by atoms with Crippen molar-refractivity contribution in [1.29, 1.82) is 0 Å². The number of rotatable bonds is 2. The number of hydrogen-bond donors (Lipinski definition) is 0. The number of nitrogens with zero attached hydrogens (tertiary/aromatic N) is 4. The predicted molar refractivity (Wildman–Crippen MR) is 88.6 cm³/mol. The maximum Gasteiger partial charge on any atom is 0.373 e. The third-order valence-electron chi connectivity index (χ3n) is 3.91. The highest BCUT2D eigenvalue weighted by Crippen LogP contribution is 2.35. The minimum absolute atomic E-state index is 0.0479. The van der Waals surface area contributed by atoms with Gasteiger partial charge in [-0.1, -0.05) is 39.4 Å². The summed E-state index contributed by atoms with van der Waals surface area (Å²) in [6.07, 6.45) is 2.56. The maximum absolute atomic E-state index is 11.5. The number of nitro groups is 1. The van der Waals surface area contributed by atoms with E-state index in [0.717, 1.165) is 17.4 Å². The maximum atomic E-state index is 11.5. The Balaban J connectivity index is 1.80. The Labute approximate surface area is 138 Å². The van der Waals surface area contributed by atoms with Gasteiger partial charge in [0.25, 0.3) is 4.96 Å². The van der Waals surface area contributed by atoms with Crippen molar-refractivity contribution in [1.82, 2.24) is 9.38 Å². The number of hydrogen-bond acceptors (Lipinski definition) is 5. The molecular formula is C14H11BrN4O2S. The molecule has 0 fully saturated rings. The van der Waals surface area contributed by atoms with Crippen molar-refractivity contribution in [3.63, 3.8) is 0 Å². The van der Waals surface area contributed by atoms with Crippen molar-refractivity contribution >= 4 is 43.9 Å². The molecule has 0 aliphatic carbocycles. The quantitative estimate of drug-likeness (QED) is 0.504. The van der Waals surface area contributed by atoms with E-state index < -0.39 is 0 Å². The summed E-state index contributed by atoms with van der Waals surface area (Å²) in [6.45, 7) is 1.36. The number of aromatic nitrogens is 2. The normalized spacial score (nSPS) is 14.3. The van der Waals surface area contributed by atoms with Crippen LogP contribution in [0.15, 0.2) is 34.2 Å². The summed E-state index contributed by atoms with van der Waals surface area (Å²) in [7, 11) is 0. The number of imidazole rings is 1. The highest BCUT2D eigenvalue weighted by atomic mass is 79.9. The molecule has 8 heteroatoms. The van der Waals surface area contributed by atoms with E-state index in [9.17, 15) is 10.1 Å². The van der Waals surface area contributed by atoms with Crippen LogP contribution in [0.3, 0.4) is 0 Å². The van der Waals surface area contributed by atoms with Gasteiger partial charge in [-0.05, 0) is 28.5 Å². The fraction of sp³-hybridized carbons (Fsp3) is 0.214. The summed E-state index contributed by atoms with van der Waals surface area (Å²) in [5.74, 6) is 0.505. The Morgan fingerprint density at radius 3 is 3.09 bits per heavy atom. The van der Waals surface area contributed by atoms with Crippen molar-refractivity contribution < 1.29 is 4.92 Å². The summed E-state index contributed by atoms with van der Waals surface area (Å²) in [5, 5.41) is 13.3. The molecule has 22 heavy (non-hydrogen) atoms. The van der Waals surface area contributed by atoms with E-state index in [-0.39, 0.29) is 10.7 Å². The van der Waals surface area contributed by atoms with Gasteiger partial charge in [0.2, 0.25) is 5.82 Å². The summed E-state index contributed by atoms with van der Waals surface area (Å²) >= 11 is 4.98. The molecule has 0 saturated heterocycles. The average molecular weight is 379 g/mol. The molecule has 0 saturated carbocycles. The molecule has 6 nitrogen and oxygen atoms in total. The molecule has 0 amide bonds. The van der Waals surface area contributed by atoms with Crippen molar-refractivity contribution in [2.75, 3.05) is 11.4 Å².